The van der Waals surface area contributed by atoms with Gasteiger partial charge in [-0.05, 0) is 0 Å². The van der Waals surface area contributed by atoms with Crippen molar-refractivity contribution in [1.82, 2.24) is 0 Å². The molecule has 0 N–H and O–H groups in total. The van der Waals surface area contributed by atoms with Crippen LogP contribution < -0.4 is 37.2 Å². The predicted molar refractivity (Wildman–Crippen MR) is 38.3 cm³/mol. The Morgan fingerprint density at radius 3 is 2.46 bits per heavy atom. The van der Waals surface area contributed by atoms with Crippen molar-refractivity contribution in [3.8, 4) is 0 Å². The molecule has 1 fully saturated rings. The van der Waals surface area contributed by atoms with E-state index < -0.39 is 0 Å². The molecule has 0 heterocycles. The van der Waals surface area contributed by atoms with E-state index in [-0.39, 0.29) is 37.2 Å². The molecule has 2 unspecified atom stereocenters. The quantitative estimate of drug-likeness (QED) is 0.353. The Bertz CT molecular complexity index is 201. The van der Waals surface area contributed by atoms with Crippen LogP contribution >= 0.6 is 0 Å². The third kappa shape index (κ3) is 3.70. The van der Waals surface area contributed by atoms with E-state index in [1.54, 1.807) is 5.57 Å². The third-order valence-corrected chi connectivity index (χ3v) is 4.76. The molecule has 2 aliphatic rings. The zero-order valence-electron chi connectivity index (χ0n) is 7.14. The van der Waals surface area contributed by atoms with Gasteiger partial charge in [0.2, 0.25) is 0 Å². The monoisotopic (exact) mass is 404 g/mol. The van der Waals surface area contributed by atoms with E-state index in [9.17, 15) is 0 Å². The van der Waals surface area contributed by atoms with Crippen molar-refractivity contribution < 1.29 is 61.6 Å². The second-order valence-electron chi connectivity index (χ2n) is 3.16. The predicted octanol–water partition coefficient (Wildman–Crippen LogP) is -6.37. The number of fused-ring (bicyclic) bond motifs is 1. The van der Waals surface area contributed by atoms with E-state index >= 15 is 0 Å². The Kier molecular flexibility index (Phi) is 9.61. The number of hydrogen-bond acceptors (Lipinski definition) is 0. The molecule has 0 spiro atoms. The minimum absolute atomic E-state index is 0. The van der Waals surface area contributed by atoms with E-state index in [0.717, 1.165) is 9.59 Å². The van der Waals surface area contributed by atoms with Crippen LogP contribution in [-0.2, 0) is 24.4 Å². The molecule has 0 radical (unpaired) electrons. The summed E-state index contributed by atoms with van der Waals surface area (Å²) in [5.41, 5.74) is 1.77. The average Bonchev–Trinajstić information content (AvgIpc) is 2.34. The summed E-state index contributed by atoms with van der Waals surface area (Å²) in [5.74, 6) is 0.951. The molecule has 2 atom stereocenters. The van der Waals surface area contributed by atoms with Gasteiger partial charge in [0, 0.05) is 0 Å². The second kappa shape index (κ2) is 7.50. The summed E-state index contributed by atoms with van der Waals surface area (Å²) in [6.45, 7) is 0. The van der Waals surface area contributed by atoms with Crippen LogP contribution in [0.5, 0.6) is 0 Å². The summed E-state index contributed by atoms with van der Waals surface area (Å²) in [4.78, 5) is 0. The Morgan fingerprint density at radius 2 is 1.85 bits per heavy atom. The first-order chi connectivity index (χ1) is 4.88. The minimum atomic E-state index is 0. The van der Waals surface area contributed by atoms with Gasteiger partial charge in [0.05, 0.1) is 0 Å². The van der Waals surface area contributed by atoms with Gasteiger partial charge >= 0.3 is 77.0 Å². The molecule has 0 aromatic carbocycles. The van der Waals surface area contributed by atoms with E-state index in [2.05, 4.69) is 18.2 Å². The maximum absolute atomic E-state index is 2.36. The van der Waals surface area contributed by atoms with Crippen LogP contribution in [0.3, 0.4) is 0 Å². The molecule has 0 aromatic heterocycles. The van der Waals surface area contributed by atoms with Gasteiger partial charge in [-0.2, -0.15) is 0 Å². The molecule has 2 rings (SSSR count). The summed E-state index contributed by atoms with van der Waals surface area (Å²) in [6.07, 6.45) is 11.2. The number of rotatable bonds is 0. The van der Waals surface area contributed by atoms with Crippen molar-refractivity contribution in [1.29, 1.82) is 0 Å². The average molecular weight is 404 g/mol. The number of halogens is 3. The summed E-state index contributed by atoms with van der Waals surface area (Å²) in [6, 6.07) is 0. The molecular weight excluding hydrogens is 393 g/mol. The van der Waals surface area contributed by atoms with Gasteiger partial charge in [-0.3, -0.25) is 0 Å². The molecule has 1 saturated carbocycles. The molecule has 4 heteroatoms. The number of hydrogen-bond donors (Lipinski definition) is 0. The maximum atomic E-state index is 2.36. The SMILES string of the molecule is [Cl-].[Cl-].[Cl-].[Hf+3][CH]1CCC2CC=CC=C12. The van der Waals surface area contributed by atoms with Crippen LogP contribution in [-0.4, -0.2) is 0 Å². The van der Waals surface area contributed by atoms with Gasteiger partial charge in [0.15, 0.2) is 0 Å². The van der Waals surface area contributed by atoms with Crippen molar-refractivity contribution in [3.63, 3.8) is 0 Å². The van der Waals surface area contributed by atoms with Gasteiger partial charge in [-0.1, -0.05) is 0 Å². The second-order valence-corrected chi connectivity index (χ2v) is 5.66. The molecule has 0 nitrogen and oxygen atoms in total. The van der Waals surface area contributed by atoms with Gasteiger partial charge in [0.1, 0.15) is 0 Å². The van der Waals surface area contributed by atoms with Gasteiger partial charge in [-0.25, -0.2) is 0 Å². The molecule has 0 saturated heterocycles. The summed E-state index contributed by atoms with van der Waals surface area (Å²) in [7, 11) is 0. The van der Waals surface area contributed by atoms with E-state index in [1.807, 2.05) is 0 Å². The molecule has 72 valence electrons. The van der Waals surface area contributed by atoms with Crippen molar-refractivity contribution in [2.45, 2.75) is 22.9 Å². The molecular formula is C9H11Cl3Hf. The molecule has 2 aliphatic carbocycles. The van der Waals surface area contributed by atoms with Crippen molar-refractivity contribution in [2.24, 2.45) is 5.92 Å². The Hall–Kier alpha value is 1.22. The van der Waals surface area contributed by atoms with Gasteiger partial charge in [-0.15, -0.1) is 0 Å². The Morgan fingerprint density at radius 1 is 1.15 bits per heavy atom. The van der Waals surface area contributed by atoms with Crippen molar-refractivity contribution in [3.05, 3.63) is 23.8 Å². The fraction of sp³-hybridized carbons (Fsp3) is 0.556. The summed E-state index contributed by atoms with van der Waals surface area (Å²) >= 11 is 1.37. The van der Waals surface area contributed by atoms with Crippen LogP contribution in [0.25, 0.3) is 0 Å². The van der Waals surface area contributed by atoms with E-state index in [4.69, 9.17) is 0 Å². The first-order valence-corrected chi connectivity index (χ1v) is 6.03. The summed E-state index contributed by atoms with van der Waals surface area (Å²) < 4.78 is 1.01. The fourth-order valence-electron chi connectivity index (χ4n) is 1.91. The van der Waals surface area contributed by atoms with E-state index in [1.165, 1.54) is 43.6 Å². The Balaban J connectivity index is 0. The molecule has 0 bridgehead atoms. The van der Waals surface area contributed by atoms with Crippen LogP contribution in [0, 0.1) is 5.92 Å². The van der Waals surface area contributed by atoms with Crippen molar-refractivity contribution in [2.75, 3.05) is 0 Å². The molecule has 0 aromatic rings. The fourth-order valence-corrected chi connectivity index (χ4v) is 3.71. The van der Waals surface area contributed by atoms with E-state index in [0.29, 0.717) is 0 Å². The van der Waals surface area contributed by atoms with Crippen molar-refractivity contribution >= 4 is 0 Å². The standard InChI is InChI=1S/C9H11.3ClH.Hf/c1-2-5-9-7-3-6-8(9)4-1;;;;/h1-2,4,6,9H,3,5,7H2;3*1H;/q;;;;+3/p-3. The Labute approximate surface area is 113 Å². The van der Waals surface area contributed by atoms with Crippen LogP contribution in [0.4, 0.5) is 0 Å². The zero-order valence-corrected chi connectivity index (χ0v) is 13.0. The normalized spacial score (nSPS) is 28.9. The first kappa shape index (κ1) is 16.6. The summed E-state index contributed by atoms with van der Waals surface area (Å²) in [5, 5.41) is 0. The first-order valence-electron chi connectivity index (χ1n) is 3.95. The molecule has 13 heavy (non-hydrogen) atoms. The zero-order chi connectivity index (χ0) is 6.97. The molecule has 0 amide bonds. The van der Waals surface area contributed by atoms with Crippen LogP contribution in [0.15, 0.2) is 23.8 Å². The topological polar surface area (TPSA) is 0 Å². The molecule has 0 aliphatic heterocycles. The van der Waals surface area contributed by atoms with Gasteiger partial charge in [0.25, 0.3) is 0 Å². The van der Waals surface area contributed by atoms with Crippen LogP contribution in [0.2, 0.25) is 3.67 Å². The van der Waals surface area contributed by atoms with Gasteiger partial charge < -0.3 is 37.2 Å². The number of allylic oxidation sites excluding steroid dienone is 4. The van der Waals surface area contributed by atoms with Crippen LogP contribution in [0.1, 0.15) is 19.3 Å². The third-order valence-electron chi connectivity index (χ3n) is 2.52.